The van der Waals surface area contributed by atoms with Crippen LogP contribution in [0.4, 0.5) is 11.6 Å². The molecular formula is C21H29N7S. The van der Waals surface area contributed by atoms with Crippen LogP contribution in [0.1, 0.15) is 31.2 Å². The number of nitrogens with two attached hydrogens (primary N) is 1. The van der Waals surface area contributed by atoms with E-state index in [1.165, 1.54) is 37.6 Å². The molecule has 1 aromatic carbocycles. The van der Waals surface area contributed by atoms with Crippen LogP contribution in [0.5, 0.6) is 0 Å². The molecule has 0 bridgehead atoms. The lowest BCUT2D eigenvalue weighted by atomic mass is 9.82. The highest BCUT2D eigenvalue weighted by Crippen LogP contribution is 2.30. The Balaban J connectivity index is 1.48. The van der Waals surface area contributed by atoms with Crippen LogP contribution < -0.4 is 15.8 Å². The number of anilines is 2. The van der Waals surface area contributed by atoms with Crippen molar-refractivity contribution < 1.29 is 0 Å². The Morgan fingerprint density at radius 2 is 1.97 bits per heavy atom. The van der Waals surface area contributed by atoms with Gasteiger partial charge in [0.1, 0.15) is 0 Å². The molecule has 1 fully saturated rings. The molecule has 29 heavy (non-hydrogen) atoms. The van der Waals surface area contributed by atoms with Crippen molar-refractivity contribution in [3.8, 4) is 0 Å². The minimum Gasteiger partial charge on any atom is -0.324 e. The first-order chi connectivity index (χ1) is 14.2. The van der Waals surface area contributed by atoms with Crippen molar-refractivity contribution in [3.05, 3.63) is 36.2 Å². The fraction of sp³-hybridized carbons (Fsp3) is 0.476. The third kappa shape index (κ3) is 4.71. The Bertz CT molecular complexity index is 963. The lowest BCUT2D eigenvalue weighted by Crippen LogP contribution is -2.25. The highest BCUT2D eigenvalue weighted by atomic mass is 32.2. The molecule has 1 aliphatic rings. The van der Waals surface area contributed by atoms with Gasteiger partial charge in [-0.25, -0.2) is 9.67 Å². The molecule has 0 aliphatic heterocycles. The largest absolute Gasteiger partial charge is 0.324 e. The molecule has 0 atom stereocenters. The summed E-state index contributed by atoms with van der Waals surface area (Å²) >= 11 is 1.25. The third-order valence-electron chi connectivity index (χ3n) is 5.84. The lowest BCUT2D eigenvalue weighted by Gasteiger charge is -2.28. The highest BCUT2D eigenvalue weighted by molar-refractivity contribution is 7.97. The van der Waals surface area contributed by atoms with E-state index in [1.807, 2.05) is 49.2 Å². The number of benzene rings is 1. The molecule has 4 N–H and O–H groups in total. The topological polar surface area (TPSA) is 93.7 Å². The van der Waals surface area contributed by atoms with E-state index in [9.17, 15) is 0 Å². The summed E-state index contributed by atoms with van der Waals surface area (Å²) < 4.78 is 2.04. The minimum atomic E-state index is 0.578. The van der Waals surface area contributed by atoms with Gasteiger partial charge >= 0.3 is 0 Å². The maximum atomic E-state index is 5.75. The zero-order valence-electron chi connectivity index (χ0n) is 17.1. The van der Waals surface area contributed by atoms with Crippen LogP contribution in [0.3, 0.4) is 0 Å². The zero-order valence-corrected chi connectivity index (χ0v) is 17.9. The maximum absolute atomic E-state index is 5.75. The molecule has 2 heterocycles. The number of hydrogen-bond donors (Lipinski definition) is 3. The zero-order chi connectivity index (χ0) is 20.2. The van der Waals surface area contributed by atoms with Crippen LogP contribution in [0.25, 0.3) is 11.0 Å². The van der Waals surface area contributed by atoms with Crippen LogP contribution in [0.2, 0.25) is 0 Å². The number of rotatable bonds is 7. The van der Waals surface area contributed by atoms with E-state index in [1.54, 1.807) is 0 Å². The van der Waals surface area contributed by atoms with Crippen LogP contribution in [-0.4, -0.2) is 33.3 Å². The molecule has 3 aromatic rings. The Hall–Kier alpha value is -2.16. The van der Waals surface area contributed by atoms with Gasteiger partial charge in [0, 0.05) is 23.3 Å². The first-order valence-corrected chi connectivity index (χ1v) is 11.1. The number of fused-ring (bicyclic) bond motifs is 1. The van der Waals surface area contributed by atoms with Crippen LogP contribution in [0.15, 0.2) is 35.5 Å². The van der Waals surface area contributed by atoms with Gasteiger partial charge in [0.05, 0.1) is 11.6 Å². The number of nitrogens with one attached hydrogen (secondary N) is 2. The predicted molar refractivity (Wildman–Crippen MR) is 119 cm³/mol. The van der Waals surface area contributed by atoms with Crippen molar-refractivity contribution >= 4 is 34.6 Å². The fourth-order valence-electron chi connectivity index (χ4n) is 4.15. The molecule has 154 valence electrons. The summed E-state index contributed by atoms with van der Waals surface area (Å²) in [7, 11) is 2.04. The van der Waals surface area contributed by atoms with E-state index in [0.29, 0.717) is 11.9 Å². The summed E-state index contributed by atoms with van der Waals surface area (Å²) in [5.74, 6) is 2.06. The number of aromatic nitrogens is 4. The van der Waals surface area contributed by atoms with E-state index in [0.717, 1.165) is 46.2 Å². The molecule has 2 aromatic heterocycles. The molecule has 0 amide bonds. The Labute approximate surface area is 176 Å². The third-order valence-corrected chi connectivity index (χ3v) is 6.53. The molecule has 8 heteroatoms. The molecule has 0 spiro atoms. The van der Waals surface area contributed by atoms with Crippen LogP contribution in [-0.2, 0) is 6.54 Å². The molecule has 0 saturated heterocycles. The first kappa shape index (κ1) is 20.1. The quantitative estimate of drug-likeness (QED) is 0.508. The van der Waals surface area contributed by atoms with Gasteiger partial charge in [0.25, 0.3) is 0 Å². The molecule has 1 aliphatic carbocycles. The first-order valence-electron chi connectivity index (χ1n) is 10.2. The van der Waals surface area contributed by atoms with Gasteiger partial charge in [0.15, 0.2) is 5.65 Å². The molecule has 4 rings (SSSR count). The van der Waals surface area contributed by atoms with Crippen molar-refractivity contribution in [2.24, 2.45) is 17.0 Å². The number of hydrogen-bond acceptors (Lipinski definition) is 7. The second kappa shape index (κ2) is 9.11. The molecule has 7 nitrogen and oxygen atoms in total. The molecular weight excluding hydrogens is 382 g/mol. The van der Waals surface area contributed by atoms with E-state index >= 15 is 0 Å². The SMILES string of the molecule is CNCC1CCC(Cn2ncc3cnc(Nc4ccc(C)c(SN)c4)nc32)CC1. The van der Waals surface area contributed by atoms with Crippen molar-refractivity contribution in [1.82, 2.24) is 25.1 Å². The van der Waals surface area contributed by atoms with Crippen LogP contribution in [0, 0.1) is 18.8 Å². The van der Waals surface area contributed by atoms with Gasteiger partial charge in [-0.2, -0.15) is 10.1 Å². The summed E-state index contributed by atoms with van der Waals surface area (Å²) in [4.78, 5) is 10.2. The van der Waals surface area contributed by atoms with Gasteiger partial charge in [-0.15, -0.1) is 0 Å². The van der Waals surface area contributed by atoms with Crippen molar-refractivity contribution in [2.75, 3.05) is 18.9 Å². The average molecular weight is 412 g/mol. The molecule has 1 saturated carbocycles. The fourth-order valence-corrected chi connectivity index (χ4v) is 4.59. The van der Waals surface area contributed by atoms with Gasteiger partial charge in [-0.1, -0.05) is 6.07 Å². The smallest absolute Gasteiger partial charge is 0.229 e. The molecule has 0 radical (unpaired) electrons. The highest BCUT2D eigenvalue weighted by Gasteiger charge is 2.22. The van der Waals surface area contributed by atoms with Crippen molar-refractivity contribution in [2.45, 2.75) is 44.0 Å². The van der Waals surface area contributed by atoms with Gasteiger partial charge in [-0.05, 0) is 87.7 Å². The minimum absolute atomic E-state index is 0.578. The van der Waals surface area contributed by atoms with E-state index in [4.69, 9.17) is 10.1 Å². The monoisotopic (exact) mass is 411 g/mol. The van der Waals surface area contributed by atoms with Gasteiger partial charge in [0.2, 0.25) is 5.95 Å². The maximum Gasteiger partial charge on any atom is 0.229 e. The van der Waals surface area contributed by atoms with Gasteiger partial charge in [-0.3, -0.25) is 5.14 Å². The lowest BCUT2D eigenvalue weighted by molar-refractivity contribution is 0.245. The summed E-state index contributed by atoms with van der Waals surface area (Å²) in [6, 6.07) is 6.09. The van der Waals surface area contributed by atoms with Crippen molar-refractivity contribution in [3.63, 3.8) is 0 Å². The van der Waals surface area contributed by atoms with Crippen molar-refractivity contribution in [1.29, 1.82) is 0 Å². The second-order valence-electron chi connectivity index (χ2n) is 7.97. The summed E-state index contributed by atoms with van der Waals surface area (Å²) in [6.45, 7) is 4.10. The Kier molecular flexibility index (Phi) is 6.32. The van der Waals surface area contributed by atoms with Crippen LogP contribution >= 0.6 is 11.9 Å². The van der Waals surface area contributed by atoms with E-state index in [-0.39, 0.29) is 0 Å². The standard InChI is InChI=1S/C21H29N7S/c1-14-3-8-18(9-19(14)29-22)26-21-24-11-17-12-25-28(20(17)27-21)13-16-6-4-15(5-7-16)10-23-2/h3,8-9,11-12,15-16,23H,4-7,10,13,22H2,1-2H3,(H,24,26,27). The predicted octanol–water partition coefficient (Wildman–Crippen LogP) is 3.87. The Morgan fingerprint density at radius 3 is 2.72 bits per heavy atom. The average Bonchev–Trinajstić information content (AvgIpc) is 3.13. The summed E-state index contributed by atoms with van der Waals surface area (Å²) in [5, 5.41) is 17.9. The second-order valence-corrected chi connectivity index (χ2v) is 8.64. The van der Waals surface area contributed by atoms with Gasteiger partial charge < -0.3 is 10.6 Å². The summed E-state index contributed by atoms with van der Waals surface area (Å²) in [5.41, 5.74) is 2.97. The summed E-state index contributed by atoms with van der Waals surface area (Å²) in [6.07, 6.45) is 8.80. The number of aryl methyl sites for hydroxylation is 1. The Morgan fingerprint density at radius 1 is 1.17 bits per heavy atom. The molecule has 0 unspecified atom stereocenters. The van der Waals surface area contributed by atoms with E-state index in [2.05, 4.69) is 20.7 Å². The normalized spacial score (nSPS) is 19.6. The number of nitrogens with zero attached hydrogens (tertiary/aromatic N) is 4. The van der Waals surface area contributed by atoms with E-state index < -0.39 is 0 Å².